The molecule has 1 amide bonds. The molecule has 138 valence electrons. The largest absolute Gasteiger partial charge is 0.361 e. The predicted octanol–water partition coefficient (Wildman–Crippen LogP) is 3.44. The average molecular weight is 370 g/mol. The highest BCUT2D eigenvalue weighted by atomic mass is 16.1. The van der Waals surface area contributed by atoms with Gasteiger partial charge in [-0.15, -0.1) is 0 Å². The number of amides is 1. The van der Waals surface area contributed by atoms with E-state index in [4.69, 9.17) is 0 Å². The Morgan fingerprint density at radius 1 is 1.11 bits per heavy atom. The van der Waals surface area contributed by atoms with E-state index in [1.165, 1.54) is 6.33 Å². The minimum absolute atomic E-state index is 0.162. The number of rotatable bonds is 3. The highest BCUT2D eigenvalue weighted by molar-refractivity contribution is 5.95. The van der Waals surface area contributed by atoms with Gasteiger partial charge in [-0.3, -0.25) is 4.79 Å². The molecule has 7 nitrogen and oxygen atoms in total. The molecule has 3 N–H and O–H groups in total. The zero-order valence-electron chi connectivity index (χ0n) is 15.2. The number of carbonyl (C=O) groups excluding carboxylic acids is 1. The van der Waals surface area contributed by atoms with Gasteiger partial charge in [0.1, 0.15) is 12.4 Å². The summed E-state index contributed by atoms with van der Waals surface area (Å²) in [5, 5.41) is 11.8. The number of hydrogen-bond acceptors (Lipinski definition) is 4. The molecule has 0 aliphatic carbocycles. The average Bonchev–Trinajstić information content (AvgIpc) is 3.36. The second-order valence-electron chi connectivity index (χ2n) is 6.70. The first-order valence-electron chi connectivity index (χ1n) is 9.02. The van der Waals surface area contributed by atoms with Gasteiger partial charge < -0.3 is 15.6 Å². The van der Waals surface area contributed by atoms with Crippen LogP contribution < -0.4 is 10.6 Å². The molecule has 0 unspecified atom stereocenters. The highest BCUT2D eigenvalue weighted by Crippen LogP contribution is 2.36. The van der Waals surface area contributed by atoms with E-state index in [9.17, 15) is 4.79 Å². The van der Waals surface area contributed by atoms with Gasteiger partial charge in [-0.05, 0) is 25.1 Å². The first kappa shape index (κ1) is 16.3. The number of benzene rings is 2. The number of fused-ring (bicyclic) bond motifs is 2. The van der Waals surface area contributed by atoms with Crippen molar-refractivity contribution in [3.05, 3.63) is 89.6 Å². The third kappa shape index (κ3) is 2.56. The van der Waals surface area contributed by atoms with E-state index < -0.39 is 0 Å². The zero-order valence-corrected chi connectivity index (χ0v) is 15.2. The lowest BCUT2D eigenvalue weighted by Gasteiger charge is -2.29. The van der Waals surface area contributed by atoms with Crippen molar-refractivity contribution in [1.82, 2.24) is 25.1 Å². The number of H-pyrrole nitrogens is 1. The van der Waals surface area contributed by atoms with Crippen LogP contribution in [0, 0.1) is 0 Å². The van der Waals surface area contributed by atoms with E-state index >= 15 is 0 Å². The number of allylic oxidation sites excluding steroid dienone is 2. The summed E-state index contributed by atoms with van der Waals surface area (Å²) < 4.78 is 1.79. The Balaban J connectivity index is 1.62. The molecule has 0 radical (unpaired) electrons. The molecular weight excluding hydrogens is 352 g/mol. The van der Waals surface area contributed by atoms with Gasteiger partial charge in [0.2, 0.25) is 5.95 Å². The fourth-order valence-corrected chi connectivity index (χ4v) is 3.64. The SMILES string of the molecule is CC1=C(NC(=O)c2ccccc2)[C@@H](c2c[nH]c3ccccc23)n2ncnc2N1. The van der Waals surface area contributed by atoms with Gasteiger partial charge in [0, 0.05) is 33.9 Å². The Bertz CT molecular complexity index is 1200. The van der Waals surface area contributed by atoms with E-state index in [0.717, 1.165) is 27.9 Å². The molecule has 1 atom stereocenters. The minimum Gasteiger partial charge on any atom is -0.361 e. The third-order valence-electron chi connectivity index (χ3n) is 4.99. The van der Waals surface area contributed by atoms with E-state index in [1.54, 1.807) is 16.8 Å². The van der Waals surface area contributed by atoms with Gasteiger partial charge in [-0.25, -0.2) is 4.68 Å². The maximum Gasteiger partial charge on any atom is 0.255 e. The fourth-order valence-electron chi connectivity index (χ4n) is 3.64. The van der Waals surface area contributed by atoms with Crippen LogP contribution in [0.2, 0.25) is 0 Å². The molecule has 0 fully saturated rings. The number of nitrogens with one attached hydrogen (secondary N) is 3. The van der Waals surface area contributed by atoms with Crippen LogP contribution in [0.4, 0.5) is 5.95 Å². The van der Waals surface area contributed by atoms with Crippen LogP contribution in [0.25, 0.3) is 10.9 Å². The molecule has 0 bridgehead atoms. The first-order valence-corrected chi connectivity index (χ1v) is 9.02. The van der Waals surface area contributed by atoms with Crippen LogP contribution in [0.1, 0.15) is 28.9 Å². The summed E-state index contributed by atoms with van der Waals surface area (Å²) in [6.07, 6.45) is 3.48. The Labute approximate surface area is 161 Å². The molecule has 0 saturated heterocycles. The summed E-state index contributed by atoms with van der Waals surface area (Å²) in [6, 6.07) is 17.0. The van der Waals surface area contributed by atoms with Crippen molar-refractivity contribution in [3.8, 4) is 0 Å². The standard InChI is InChI=1S/C21H18N6O/c1-13-18(26-20(28)14-7-3-2-4-8-14)19(27-21(25-13)23-12-24-27)16-11-22-17-10-6-5-9-15(16)17/h2-12,19,22H,1H3,(H,26,28)(H,23,24,25)/t19-/m1/s1. The van der Waals surface area contributed by atoms with Crippen LogP contribution in [0.15, 0.2) is 78.5 Å². The van der Waals surface area contributed by atoms with Crippen molar-refractivity contribution in [3.63, 3.8) is 0 Å². The van der Waals surface area contributed by atoms with Gasteiger partial charge in [0.05, 0.1) is 5.70 Å². The van der Waals surface area contributed by atoms with E-state index in [-0.39, 0.29) is 11.9 Å². The molecular formula is C21H18N6O. The number of aromatic amines is 1. The Morgan fingerprint density at radius 3 is 2.75 bits per heavy atom. The van der Waals surface area contributed by atoms with Gasteiger partial charge in [0.25, 0.3) is 5.91 Å². The predicted molar refractivity (Wildman–Crippen MR) is 107 cm³/mol. The number of para-hydroxylation sites is 1. The van der Waals surface area contributed by atoms with Gasteiger partial charge in [0.15, 0.2) is 0 Å². The van der Waals surface area contributed by atoms with Gasteiger partial charge in [-0.2, -0.15) is 10.1 Å². The molecule has 2 aromatic carbocycles. The van der Waals surface area contributed by atoms with Gasteiger partial charge in [-0.1, -0.05) is 36.4 Å². The number of aromatic nitrogens is 4. The normalized spacial score (nSPS) is 16.0. The lowest BCUT2D eigenvalue weighted by molar-refractivity contribution is 0.0961. The number of anilines is 1. The van der Waals surface area contributed by atoms with Crippen molar-refractivity contribution in [2.45, 2.75) is 13.0 Å². The Kier molecular flexibility index (Phi) is 3.72. The summed E-state index contributed by atoms with van der Waals surface area (Å²) in [5.74, 6) is 0.482. The third-order valence-corrected chi connectivity index (χ3v) is 4.99. The quantitative estimate of drug-likeness (QED) is 0.516. The zero-order chi connectivity index (χ0) is 19.1. The van der Waals surface area contributed by atoms with Crippen molar-refractivity contribution in [2.75, 3.05) is 5.32 Å². The molecule has 7 heteroatoms. The monoisotopic (exact) mass is 370 g/mol. The molecule has 1 aliphatic heterocycles. The highest BCUT2D eigenvalue weighted by Gasteiger charge is 2.32. The topological polar surface area (TPSA) is 87.6 Å². The number of carbonyl (C=O) groups is 1. The van der Waals surface area contributed by atoms with Crippen LogP contribution in [0.3, 0.4) is 0 Å². The summed E-state index contributed by atoms with van der Waals surface area (Å²) in [6.45, 7) is 1.93. The van der Waals surface area contributed by atoms with Crippen molar-refractivity contribution < 1.29 is 4.79 Å². The molecule has 1 aliphatic rings. The summed E-state index contributed by atoms with van der Waals surface area (Å²) in [7, 11) is 0. The first-order chi connectivity index (χ1) is 13.7. The van der Waals surface area contributed by atoms with Crippen molar-refractivity contribution in [2.24, 2.45) is 0 Å². The lowest BCUT2D eigenvalue weighted by atomic mass is 10.00. The van der Waals surface area contributed by atoms with Crippen LogP contribution >= 0.6 is 0 Å². The molecule has 0 saturated carbocycles. The summed E-state index contributed by atoms with van der Waals surface area (Å²) >= 11 is 0. The maximum absolute atomic E-state index is 12.9. The summed E-state index contributed by atoms with van der Waals surface area (Å²) in [5.41, 5.74) is 4.23. The summed E-state index contributed by atoms with van der Waals surface area (Å²) in [4.78, 5) is 20.5. The number of hydrogen-bond donors (Lipinski definition) is 3. The Hall–Kier alpha value is -3.87. The smallest absolute Gasteiger partial charge is 0.255 e. The van der Waals surface area contributed by atoms with E-state index in [1.807, 2.05) is 49.5 Å². The van der Waals surface area contributed by atoms with Crippen LogP contribution in [0.5, 0.6) is 0 Å². The Morgan fingerprint density at radius 2 is 1.89 bits per heavy atom. The molecule has 5 rings (SSSR count). The van der Waals surface area contributed by atoms with Crippen LogP contribution in [-0.4, -0.2) is 25.7 Å². The van der Waals surface area contributed by atoms with Crippen molar-refractivity contribution >= 4 is 22.8 Å². The molecule has 3 heterocycles. The van der Waals surface area contributed by atoms with Crippen LogP contribution in [-0.2, 0) is 0 Å². The second-order valence-corrected chi connectivity index (χ2v) is 6.70. The molecule has 0 spiro atoms. The van der Waals surface area contributed by atoms with E-state index in [2.05, 4.69) is 31.8 Å². The fraction of sp³-hybridized carbons (Fsp3) is 0.0952. The van der Waals surface area contributed by atoms with Crippen molar-refractivity contribution in [1.29, 1.82) is 0 Å². The van der Waals surface area contributed by atoms with E-state index in [0.29, 0.717) is 11.5 Å². The molecule has 2 aromatic heterocycles. The lowest BCUT2D eigenvalue weighted by Crippen LogP contribution is -2.35. The van der Waals surface area contributed by atoms with Gasteiger partial charge >= 0.3 is 0 Å². The molecule has 28 heavy (non-hydrogen) atoms. The second kappa shape index (κ2) is 6.38. The number of nitrogens with zero attached hydrogens (tertiary/aromatic N) is 3. The minimum atomic E-state index is -0.303. The maximum atomic E-state index is 12.9. The molecule has 4 aromatic rings.